The zero-order valence-corrected chi connectivity index (χ0v) is 24.5. The number of phenolic OH excluding ortho intramolecular Hbond substituents is 1. The number of aromatic hydroxyl groups is 1. The molecular formula is C27H23I2NO9. The number of carbonyl (C=O) groups is 4. The average Bonchev–Trinajstić information content (AvgIpc) is 2.91. The van der Waals surface area contributed by atoms with Crippen molar-refractivity contribution in [2.24, 2.45) is 0 Å². The molecule has 0 heterocycles. The zero-order valence-electron chi connectivity index (χ0n) is 20.2. The summed E-state index contributed by atoms with van der Waals surface area (Å²) in [6.07, 6.45) is -0.540. The van der Waals surface area contributed by atoms with E-state index in [4.69, 9.17) is 9.47 Å². The predicted octanol–water partition coefficient (Wildman–Crippen LogP) is 4.72. The van der Waals surface area contributed by atoms with Crippen LogP contribution in [0.5, 0.6) is 11.5 Å². The molecule has 0 radical (unpaired) electrons. The van der Waals surface area contributed by atoms with Gasteiger partial charge in [0.2, 0.25) is 0 Å². The average molecular weight is 759 g/mol. The number of phenols is 1. The summed E-state index contributed by atoms with van der Waals surface area (Å²) in [6.45, 7) is 0.172. The van der Waals surface area contributed by atoms with Gasteiger partial charge in [-0.3, -0.25) is 4.79 Å². The maximum absolute atomic E-state index is 12.7. The lowest BCUT2D eigenvalue weighted by molar-refractivity contribution is -0.139. The lowest BCUT2D eigenvalue weighted by Gasteiger charge is -2.15. The molecule has 1 amide bonds. The number of carboxylic acids is 2. The van der Waals surface area contributed by atoms with Crippen molar-refractivity contribution < 1.29 is 44.0 Å². The summed E-state index contributed by atoms with van der Waals surface area (Å²) in [7, 11) is 0. The molecule has 3 aromatic rings. The number of nitrogens with one attached hydrogen (secondary N) is 1. The minimum Gasteiger partial charge on any atom is -0.506 e. The van der Waals surface area contributed by atoms with Crippen LogP contribution in [-0.4, -0.2) is 58.4 Å². The number of ether oxygens (including phenoxy) is 2. The van der Waals surface area contributed by atoms with Crippen LogP contribution >= 0.6 is 45.2 Å². The molecule has 0 bridgehead atoms. The van der Waals surface area contributed by atoms with Crippen LogP contribution in [0.4, 0.5) is 4.79 Å². The largest absolute Gasteiger partial charge is 0.506 e. The van der Waals surface area contributed by atoms with E-state index in [1.165, 1.54) is 24.3 Å². The third-order valence-corrected chi connectivity index (χ3v) is 7.06. The smallest absolute Gasteiger partial charge is 0.407 e. The van der Waals surface area contributed by atoms with E-state index in [1.54, 1.807) is 36.4 Å². The Hall–Kier alpha value is -3.40. The molecule has 0 aliphatic carbocycles. The number of aromatic carboxylic acids is 1. The molecule has 0 aliphatic rings. The van der Waals surface area contributed by atoms with Crippen LogP contribution in [0.3, 0.4) is 0 Å². The SMILES string of the molecule is O=C(N[C@@H](Cc1cc(I)c(O)c(I)c1)C(=O)O)OCCCOc1ccc(C(=O)c2ccccc2C(=O)O)cc1. The molecule has 3 aromatic carbocycles. The van der Waals surface area contributed by atoms with Gasteiger partial charge < -0.3 is 30.1 Å². The second kappa shape index (κ2) is 14.1. The Bertz CT molecular complexity index is 1350. The Balaban J connectivity index is 1.44. The summed E-state index contributed by atoms with van der Waals surface area (Å²) >= 11 is 3.89. The fourth-order valence-corrected chi connectivity index (χ4v) is 5.39. The summed E-state index contributed by atoms with van der Waals surface area (Å²) in [5.74, 6) is -2.25. The fourth-order valence-electron chi connectivity index (χ4n) is 3.50. The van der Waals surface area contributed by atoms with Crippen molar-refractivity contribution in [1.29, 1.82) is 0 Å². The van der Waals surface area contributed by atoms with Crippen molar-refractivity contribution >= 4 is 69.0 Å². The fraction of sp³-hybridized carbons (Fsp3) is 0.185. The highest BCUT2D eigenvalue weighted by molar-refractivity contribution is 14.1. The van der Waals surface area contributed by atoms with Gasteiger partial charge in [0.15, 0.2) is 5.78 Å². The van der Waals surface area contributed by atoms with Crippen molar-refractivity contribution in [3.8, 4) is 11.5 Å². The second-order valence-electron chi connectivity index (χ2n) is 8.19. The van der Waals surface area contributed by atoms with Gasteiger partial charge in [-0.15, -0.1) is 0 Å². The highest BCUT2D eigenvalue weighted by atomic mass is 127. The van der Waals surface area contributed by atoms with Gasteiger partial charge in [-0.05, 0) is 93.2 Å². The van der Waals surface area contributed by atoms with E-state index in [-0.39, 0.29) is 36.5 Å². The summed E-state index contributed by atoms with van der Waals surface area (Å²) in [5.41, 5.74) is 0.959. The first-order chi connectivity index (χ1) is 18.6. The Morgan fingerprint density at radius 1 is 0.872 bits per heavy atom. The van der Waals surface area contributed by atoms with Crippen molar-refractivity contribution in [2.45, 2.75) is 18.9 Å². The Kier molecular flexibility index (Phi) is 10.9. The standard InChI is InChI=1S/C27H23I2NO9/c28-20-12-15(13-21(29)24(20)32)14-22(26(35)36)30-27(37)39-11-3-10-38-17-8-6-16(7-9-17)23(31)18-4-1-2-5-19(18)25(33)34/h1-2,4-9,12-13,22,32H,3,10-11,14H2,(H,30,37)(H,33,34)(H,35,36)/t22-/m0/s1. The van der Waals surface area contributed by atoms with Crippen LogP contribution in [0, 0.1) is 7.14 Å². The predicted molar refractivity (Wildman–Crippen MR) is 157 cm³/mol. The molecule has 0 fully saturated rings. The number of carbonyl (C=O) groups excluding carboxylic acids is 2. The van der Waals surface area contributed by atoms with Crippen LogP contribution in [0.15, 0.2) is 60.7 Å². The molecule has 0 saturated heterocycles. The molecule has 1 atom stereocenters. The normalized spacial score (nSPS) is 11.3. The van der Waals surface area contributed by atoms with E-state index in [1.807, 2.05) is 45.2 Å². The number of amides is 1. The minimum absolute atomic E-state index is 0.0141. The van der Waals surface area contributed by atoms with Gasteiger partial charge in [0, 0.05) is 24.0 Å². The summed E-state index contributed by atoms with van der Waals surface area (Å²) < 4.78 is 11.8. The Morgan fingerprint density at radius 3 is 2.08 bits per heavy atom. The lowest BCUT2D eigenvalue weighted by Crippen LogP contribution is -2.42. The van der Waals surface area contributed by atoms with E-state index in [2.05, 4.69) is 5.32 Å². The molecule has 10 nitrogen and oxygen atoms in total. The summed E-state index contributed by atoms with van der Waals surface area (Å²) in [5, 5.41) is 31.0. The number of hydrogen-bond donors (Lipinski definition) is 4. The minimum atomic E-state index is -1.22. The molecular weight excluding hydrogens is 736 g/mol. The Labute approximate surface area is 250 Å². The van der Waals surface area contributed by atoms with E-state index < -0.39 is 29.9 Å². The van der Waals surface area contributed by atoms with Crippen molar-refractivity contribution in [3.05, 3.63) is 90.1 Å². The molecule has 0 spiro atoms. The highest BCUT2D eigenvalue weighted by Crippen LogP contribution is 2.28. The van der Waals surface area contributed by atoms with Gasteiger partial charge in [0.05, 0.1) is 25.9 Å². The zero-order chi connectivity index (χ0) is 28.5. The number of hydrogen-bond acceptors (Lipinski definition) is 7. The van der Waals surface area contributed by atoms with Crippen LogP contribution in [0.1, 0.15) is 38.3 Å². The van der Waals surface area contributed by atoms with E-state index in [0.717, 1.165) is 0 Å². The molecule has 4 N–H and O–H groups in total. The van der Waals surface area contributed by atoms with Crippen molar-refractivity contribution in [2.75, 3.05) is 13.2 Å². The number of rotatable bonds is 12. The summed E-state index contributed by atoms with van der Waals surface area (Å²) in [4.78, 5) is 47.8. The van der Waals surface area contributed by atoms with Gasteiger partial charge in [-0.1, -0.05) is 18.2 Å². The number of aliphatic carboxylic acids is 1. The van der Waals surface area contributed by atoms with E-state index >= 15 is 0 Å². The molecule has 0 saturated carbocycles. The van der Waals surface area contributed by atoms with E-state index in [9.17, 15) is 34.5 Å². The quantitative estimate of drug-likeness (QED) is 0.117. The summed E-state index contributed by atoms with van der Waals surface area (Å²) in [6, 6.07) is 14.3. The molecule has 3 rings (SSSR count). The van der Waals surface area contributed by atoms with Gasteiger partial charge in [-0.2, -0.15) is 0 Å². The molecule has 0 aliphatic heterocycles. The van der Waals surface area contributed by atoms with Gasteiger partial charge in [-0.25, -0.2) is 14.4 Å². The first kappa shape index (κ1) is 30.1. The number of halogens is 2. The molecule has 0 aromatic heterocycles. The number of benzene rings is 3. The highest BCUT2D eigenvalue weighted by Gasteiger charge is 2.22. The Morgan fingerprint density at radius 2 is 1.49 bits per heavy atom. The van der Waals surface area contributed by atoms with Gasteiger partial charge in [0.25, 0.3) is 0 Å². The van der Waals surface area contributed by atoms with Crippen LogP contribution in [0.2, 0.25) is 0 Å². The number of alkyl carbamates (subject to hydrolysis) is 1. The molecule has 204 valence electrons. The lowest BCUT2D eigenvalue weighted by atomic mass is 9.98. The third-order valence-electron chi connectivity index (χ3n) is 5.42. The van der Waals surface area contributed by atoms with Crippen LogP contribution in [-0.2, 0) is 16.0 Å². The van der Waals surface area contributed by atoms with Gasteiger partial charge in [0.1, 0.15) is 17.5 Å². The third kappa shape index (κ3) is 8.54. The maximum atomic E-state index is 12.7. The number of ketones is 1. The van der Waals surface area contributed by atoms with Gasteiger partial charge >= 0.3 is 18.0 Å². The van der Waals surface area contributed by atoms with Crippen LogP contribution in [0.25, 0.3) is 0 Å². The second-order valence-corrected chi connectivity index (χ2v) is 10.5. The van der Waals surface area contributed by atoms with Crippen molar-refractivity contribution in [3.63, 3.8) is 0 Å². The first-order valence-corrected chi connectivity index (χ1v) is 13.7. The van der Waals surface area contributed by atoms with Crippen molar-refractivity contribution in [1.82, 2.24) is 5.32 Å². The van der Waals surface area contributed by atoms with E-state index in [0.29, 0.717) is 30.4 Å². The van der Waals surface area contributed by atoms with Crippen LogP contribution < -0.4 is 10.1 Å². The molecule has 39 heavy (non-hydrogen) atoms. The number of carboxylic acid groups (broad SMARTS) is 2. The monoisotopic (exact) mass is 759 g/mol. The topological polar surface area (TPSA) is 159 Å². The first-order valence-electron chi connectivity index (χ1n) is 11.5. The molecule has 12 heteroatoms. The maximum Gasteiger partial charge on any atom is 0.407 e. The molecule has 0 unspecified atom stereocenters.